The Morgan fingerprint density at radius 1 is 1.21 bits per heavy atom. The lowest BCUT2D eigenvalue weighted by Gasteiger charge is -2.38. The number of rotatable bonds is 6. The van der Waals surface area contributed by atoms with Gasteiger partial charge in [0.15, 0.2) is 5.13 Å². The van der Waals surface area contributed by atoms with Crippen LogP contribution in [0.4, 0.5) is 16.9 Å². The van der Waals surface area contributed by atoms with Crippen molar-refractivity contribution >= 4 is 38.6 Å². The molecule has 10 heteroatoms. The van der Waals surface area contributed by atoms with E-state index in [1.165, 1.54) is 11.3 Å². The zero-order valence-electron chi connectivity index (χ0n) is 19.1. The van der Waals surface area contributed by atoms with Crippen LogP contribution < -0.4 is 10.6 Å². The topological polar surface area (TPSA) is 108 Å². The number of morpholine rings is 1. The second-order valence-electron chi connectivity index (χ2n) is 9.51. The molecule has 0 bridgehead atoms. The van der Waals surface area contributed by atoms with Crippen LogP contribution in [0.2, 0.25) is 0 Å². The van der Waals surface area contributed by atoms with Crippen LogP contribution in [0.1, 0.15) is 45.2 Å². The molecule has 5 rings (SSSR count). The zero-order valence-corrected chi connectivity index (χ0v) is 19.9. The summed E-state index contributed by atoms with van der Waals surface area (Å²) in [5.74, 6) is 1.33. The Kier molecular flexibility index (Phi) is 6.42. The van der Waals surface area contributed by atoms with Crippen LogP contribution in [0.5, 0.6) is 0 Å². The van der Waals surface area contributed by atoms with E-state index in [0.29, 0.717) is 11.8 Å². The minimum Gasteiger partial charge on any atom is -0.393 e. The lowest BCUT2D eigenvalue weighted by atomic mass is 9.93. The first-order chi connectivity index (χ1) is 15.9. The van der Waals surface area contributed by atoms with Gasteiger partial charge in [0.25, 0.3) is 0 Å². The molecule has 2 fully saturated rings. The summed E-state index contributed by atoms with van der Waals surface area (Å²) < 4.78 is 5.87. The number of ether oxygens (including phenoxy) is 1. The lowest BCUT2D eigenvalue weighted by molar-refractivity contribution is -0.0885. The monoisotopic (exact) mass is 469 g/mol. The number of aliphatic hydroxyl groups excluding tert-OH is 1. The van der Waals surface area contributed by atoms with Crippen molar-refractivity contribution in [3.05, 3.63) is 30.1 Å². The molecule has 0 radical (unpaired) electrons. The number of aromatic nitrogens is 4. The molecule has 2 aliphatic rings. The normalized spacial score (nSPS) is 23.5. The van der Waals surface area contributed by atoms with Gasteiger partial charge in [0.2, 0.25) is 5.95 Å². The first-order valence-corrected chi connectivity index (χ1v) is 12.4. The predicted molar refractivity (Wildman–Crippen MR) is 130 cm³/mol. The highest BCUT2D eigenvalue weighted by molar-refractivity contribution is 7.21. The number of aliphatic hydroxyl groups is 1. The van der Waals surface area contributed by atoms with Crippen LogP contribution >= 0.6 is 11.3 Å². The summed E-state index contributed by atoms with van der Waals surface area (Å²) in [6, 6.07) is 6.12. The van der Waals surface area contributed by atoms with Crippen molar-refractivity contribution in [2.75, 3.05) is 30.3 Å². The second-order valence-corrected chi connectivity index (χ2v) is 10.5. The molecular weight excluding hydrogens is 438 g/mol. The van der Waals surface area contributed by atoms with Gasteiger partial charge in [-0.15, -0.1) is 0 Å². The summed E-state index contributed by atoms with van der Waals surface area (Å²) >= 11 is 1.51. The van der Waals surface area contributed by atoms with Gasteiger partial charge in [0.05, 0.1) is 24.0 Å². The molecule has 1 saturated heterocycles. The van der Waals surface area contributed by atoms with Gasteiger partial charge < -0.3 is 20.5 Å². The Bertz CT molecular complexity index is 1060. The number of fused-ring (bicyclic) bond motifs is 1. The van der Waals surface area contributed by atoms with Crippen LogP contribution in [-0.4, -0.2) is 67.4 Å². The minimum atomic E-state index is -0.190. The maximum Gasteiger partial charge on any atom is 0.225 e. The van der Waals surface area contributed by atoms with Gasteiger partial charge in [-0.1, -0.05) is 11.3 Å². The van der Waals surface area contributed by atoms with Crippen molar-refractivity contribution in [2.24, 2.45) is 0 Å². The highest BCUT2D eigenvalue weighted by atomic mass is 32.1. The molecule has 0 aromatic carbocycles. The van der Waals surface area contributed by atoms with Crippen molar-refractivity contribution in [1.29, 1.82) is 0 Å². The minimum absolute atomic E-state index is 0.162. The third-order valence-corrected chi connectivity index (χ3v) is 7.00. The first-order valence-electron chi connectivity index (χ1n) is 11.6. The molecular formula is C23H31N7O2S. The van der Waals surface area contributed by atoms with Gasteiger partial charge in [0, 0.05) is 37.9 Å². The number of nitrogens with one attached hydrogen (secondary N) is 2. The van der Waals surface area contributed by atoms with Gasteiger partial charge in [0.1, 0.15) is 16.2 Å². The molecule has 1 aliphatic heterocycles. The summed E-state index contributed by atoms with van der Waals surface area (Å²) in [7, 11) is 0. The Balaban J connectivity index is 1.38. The summed E-state index contributed by atoms with van der Waals surface area (Å²) in [4.78, 5) is 21.9. The van der Waals surface area contributed by atoms with E-state index in [0.717, 1.165) is 73.1 Å². The fraction of sp³-hybridized carbons (Fsp3) is 0.565. The van der Waals surface area contributed by atoms with Crippen LogP contribution in [0.3, 0.4) is 0 Å². The molecule has 1 saturated carbocycles. The van der Waals surface area contributed by atoms with Crippen molar-refractivity contribution < 1.29 is 9.84 Å². The predicted octanol–water partition coefficient (Wildman–Crippen LogP) is 3.55. The third kappa shape index (κ3) is 5.75. The van der Waals surface area contributed by atoms with Crippen LogP contribution in [0.15, 0.2) is 24.4 Å². The number of pyridine rings is 1. The molecule has 3 aromatic rings. The van der Waals surface area contributed by atoms with Gasteiger partial charge in [-0.2, -0.15) is 4.98 Å². The lowest BCUT2D eigenvalue weighted by Crippen LogP contribution is -2.47. The fourth-order valence-electron chi connectivity index (χ4n) is 4.52. The van der Waals surface area contributed by atoms with E-state index < -0.39 is 0 Å². The third-order valence-electron chi connectivity index (χ3n) is 6.10. The number of hydrogen-bond donors (Lipinski definition) is 3. The van der Waals surface area contributed by atoms with Crippen LogP contribution in [-0.2, 0) is 11.3 Å². The van der Waals surface area contributed by atoms with Crippen molar-refractivity contribution in [1.82, 2.24) is 24.8 Å². The van der Waals surface area contributed by atoms with E-state index in [1.807, 2.05) is 18.2 Å². The summed E-state index contributed by atoms with van der Waals surface area (Å²) in [5, 5.41) is 17.5. The average molecular weight is 470 g/mol. The summed E-state index contributed by atoms with van der Waals surface area (Å²) in [5.41, 5.74) is 1.65. The molecule has 176 valence electrons. The molecule has 3 aromatic heterocycles. The van der Waals surface area contributed by atoms with Gasteiger partial charge in [-0.25, -0.2) is 15.0 Å². The molecule has 4 heterocycles. The average Bonchev–Trinajstić information content (AvgIpc) is 3.17. The van der Waals surface area contributed by atoms with Crippen molar-refractivity contribution in [3.63, 3.8) is 0 Å². The molecule has 1 aliphatic carbocycles. The van der Waals surface area contributed by atoms with Crippen molar-refractivity contribution in [3.8, 4) is 0 Å². The summed E-state index contributed by atoms with van der Waals surface area (Å²) in [6.07, 6.45) is 5.04. The molecule has 0 amide bonds. The molecule has 9 nitrogen and oxygen atoms in total. The van der Waals surface area contributed by atoms with Gasteiger partial charge >= 0.3 is 0 Å². The SMILES string of the molecule is CC1(C)CN(Cc2cc(Nc3nc4cccnc4s3)nc(NC3CCC(O)CC3)n2)CCO1. The number of anilines is 3. The van der Waals surface area contributed by atoms with E-state index in [9.17, 15) is 5.11 Å². The first kappa shape index (κ1) is 22.4. The number of thiazole rings is 1. The van der Waals surface area contributed by atoms with Crippen molar-refractivity contribution in [2.45, 2.75) is 63.8 Å². The second kappa shape index (κ2) is 9.46. The molecule has 0 atom stereocenters. The van der Waals surface area contributed by atoms with Gasteiger partial charge in [-0.3, -0.25) is 4.90 Å². The quantitative estimate of drug-likeness (QED) is 0.499. The maximum atomic E-state index is 9.83. The van der Waals surface area contributed by atoms with E-state index in [2.05, 4.69) is 39.3 Å². The van der Waals surface area contributed by atoms with E-state index in [-0.39, 0.29) is 17.7 Å². The van der Waals surface area contributed by atoms with E-state index in [1.54, 1.807) is 6.20 Å². The Labute approximate surface area is 197 Å². The molecule has 3 N–H and O–H groups in total. The van der Waals surface area contributed by atoms with Crippen LogP contribution in [0, 0.1) is 0 Å². The standard InChI is InChI=1S/C23H31N7O2S/c1-23(2)14-30(10-11-32-23)13-16-12-19(29-22-27-18-4-3-9-24-20(18)33-22)28-21(26-16)25-15-5-7-17(31)8-6-15/h3-4,9,12,15,17,31H,5-8,10-11,13-14H2,1-2H3,(H2,25,26,27,28,29). The fourth-order valence-corrected chi connectivity index (χ4v) is 5.34. The van der Waals surface area contributed by atoms with Crippen LogP contribution in [0.25, 0.3) is 10.3 Å². The highest BCUT2D eigenvalue weighted by Crippen LogP contribution is 2.28. The number of nitrogens with zero attached hydrogens (tertiary/aromatic N) is 5. The van der Waals surface area contributed by atoms with Gasteiger partial charge in [-0.05, 0) is 51.7 Å². The Hall–Kier alpha value is -2.40. The Morgan fingerprint density at radius 3 is 2.85 bits per heavy atom. The maximum absolute atomic E-state index is 9.83. The molecule has 0 spiro atoms. The smallest absolute Gasteiger partial charge is 0.225 e. The Morgan fingerprint density at radius 2 is 2.06 bits per heavy atom. The number of hydrogen-bond acceptors (Lipinski definition) is 10. The summed E-state index contributed by atoms with van der Waals surface area (Å²) in [6.45, 7) is 7.42. The zero-order chi connectivity index (χ0) is 22.8. The van der Waals surface area contributed by atoms with E-state index in [4.69, 9.17) is 14.7 Å². The molecule has 33 heavy (non-hydrogen) atoms. The highest BCUT2D eigenvalue weighted by Gasteiger charge is 2.27. The molecule has 0 unspecified atom stereocenters. The van der Waals surface area contributed by atoms with E-state index >= 15 is 0 Å². The largest absolute Gasteiger partial charge is 0.393 e.